The molecule has 2 aromatic heterocycles. The first-order chi connectivity index (χ1) is 16.4. The van der Waals surface area contributed by atoms with E-state index in [0.717, 1.165) is 37.4 Å². The Labute approximate surface area is 201 Å². The Balaban J connectivity index is 1.57. The van der Waals surface area contributed by atoms with Crippen molar-refractivity contribution in [1.82, 2.24) is 15.2 Å². The third-order valence-electron chi connectivity index (χ3n) is 6.48. The molecule has 3 N–H and O–H groups in total. The van der Waals surface area contributed by atoms with Gasteiger partial charge in [-0.05, 0) is 67.5 Å². The van der Waals surface area contributed by atoms with Crippen LogP contribution in [0, 0.1) is 0 Å². The smallest absolute Gasteiger partial charge is 0.335 e. The summed E-state index contributed by atoms with van der Waals surface area (Å²) >= 11 is 5.74. The third-order valence-corrected chi connectivity index (χ3v) is 6.81. The number of benzene rings is 1. The van der Waals surface area contributed by atoms with E-state index in [0.29, 0.717) is 28.2 Å². The second-order valence-electron chi connectivity index (χ2n) is 8.58. The molecule has 1 saturated heterocycles. The number of thiocarbonyl (C=S) groups is 1. The lowest BCUT2D eigenvalue weighted by molar-refractivity contribution is 0.0696. The topological polar surface area (TPSA) is 116 Å². The molecule has 0 unspecified atom stereocenters. The van der Waals surface area contributed by atoms with Gasteiger partial charge >= 0.3 is 11.9 Å². The number of aromatic carboxylic acids is 2. The molecule has 3 aromatic rings. The normalized spacial score (nSPS) is 20.5. The summed E-state index contributed by atoms with van der Waals surface area (Å²) in [7, 11) is 0. The minimum atomic E-state index is -1.20. The van der Waals surface area contributed by atoms with Crippen LogP contribution in [0.1, 0.15) is 69.9 Å². The second-order valence-corrected chi connectivity index (χ2v) is 8.97. The van der Waals surface area contributed by atoms with Gasteiger partial charge in [0.2, 0.25) is 0 Å². The molecule has 9 heteroatoms. The van der Waals surface area contributed by atoms with Crippen LogP contribution in [0.15, 0.2) is 59.1 Å². The van der Waals surface area contributed by atoms with E-state index in [9.17, 15) is 19.8 Å². The first kappa shape index (κ1) is 22.1. The number of rotatable bonds is 6. The highest BCUT2D eigenvalue weighted by molar-refractivity contribution is 7.80. The van der Waals surface area contributed by atoms with Crippen molar-refractivity contribution in [1.29, 1.82) is 0 Å². The molecule has 8 nitrogen and oxygen atoms in total. The number of carboxylic acids is 2. The van der Waals surface area contributed by atoms with E-state index in [-0.39, 0.29) is 23.2 Å². The van der Waals surface area contributed by atoms with E-state index < -0.39 is 11.9 Å². The van der Waals surface area contributed by atoms with Crippen molar-refractivity contribution in [3.05, 3.63) is 77.3 Å². The van der Waals surface area contributed by atoms with Crippen LogP contribution in [0.5, 0.6) is 0 Å². The second kappa shape index (κ2) is 8.90. The Morgan fingerprint density at radius 2 is 1.74 bits per heavy atom. The summed E-state index contributed by atoms with van der Waals surface area (Å²) < 4.78 is 6.26. The zero-order valence-electron chi connectivity index (χ0n) is 18.2. The van der Waals surface area contributed by atoms with Crippen molar-refractivity contribution >= 4 is 29.3 Å². The van der Waals surface area contributed by atoms with Crippen LogP contribution in [-0.4, -0.2) is 43.2 Å². The first-order valence-electron chi connectivity index (χ1n) is 11.1. The van der Waals surface area contributed by atoms with Gasteiger partial charge in [0.15, 0.2) is 5.11 Å². The molecule has 0 spiro atoms. The van der Waals surface area contributed by atoms with Crippen LogP contribution in [0.3, 0.4) is 0 Å². The number of hydrogen-bond acceptors (Lipinski definition) is 5. The number of carboxylic acid groups (broad SMARTS) is 2. The third kappa shape index (κ3) is 4.03. The molecule has 3 heterocycles. The Morgan fingerprint density at radius 1 is 1.03 bits per heavy atom. The van der Waals surface area contributed by atoms with Crippen molar-refractivity contribution in [3.63, 3.8) is 0 Å². The predicted octanol–water partition coefficient (Wildman–Crippen LogP) is 4.65. The lowest BCUT2D eigenvalue weighted by Crippen LogP contribution is -2.37. The fourth-order valence-corrected chi connectivity index (χ4v) is 5.32. The van der Waals surface area contributed by atoms with Gasteiger partial charge in [0.1, 0.15) is 17.6 Å². The van der Waals surface area contributed by atoms with E-state index in [1.54, 1.807) is 12.3 Å². The molecular weight excluding hydrogens is 454 g/mol. The standard InChI is InChI=1S/C25H23N3O5S/c29-23(30)15-11-14(12-16(13-15)24(31)32)19-8-9-20(33-19)22-21(18-7-3-4-10-26-18)27-25(34)28(22)17-5-1-2-6-17/h3-4,7-13,17,21-22H,1-2,5-6H2,(H,27,34)(H,29,30)(H,31,32)/t21-,22+/m1/s1. The molecule has 34 heavy (non-hydrogen) atoms. The van der Waals surface area contributed by atoms with Gasteiger partial charge in [0, 0.05) is 17.8 Å². The monoisotopic (exact) mass is 477 g/mol. The Bertz CT molecular complexity index is 1220. The molecule has 1 aliphatic carbocycles. The predicted molar refractivity (Wildman–Crippen MR) is 128 cm³/mol. The van der Waals surface area contributed by atoms with Gasteiger partial charge in [0.05, 0.1) is 22.9 Å². The van der Waals surface area contributed by atoms with Crippen LogP contribution in [0.4, 0.5) is 0 Å². The molecular formula is C25H23N3O5S. The summed E-state index contributed by atoms with van der Waals surface area (Å²) in [4.78, 5) is 29.8. The van der Waals surface area contributed by atoms with Crippen LogP contribution >= 0.6 is 12.2 Å². The summed E-state index contributed by atoms with van der Waals surface area (Å²) in [6, 6.07) is 13.1. The SMILES string of the molecule is O=C(O)c1cc(C(=O)O)cc(-c2ccc([C@H]3[C@@H](c4ccccn4)NC(=S)N3C3CCCC3)o2)c1. The number of aromatic nitrogens is 1. The van der Waals surface area contributed by atoms with Crippen LogP contribution < -0.4 is 5.32 Å². The van der Waals surface area contributed by atoms with Gasteiger partial charge in [-0.2, -0.15) is 0 Å². The van der Waals surface area contributed by atoms with Crippen molar-refractivity contribution in [2.45, 2.75) is 43.8 Å². The molecule has 1 saturated carbocycles. The van der Waals surface area contributed by atoms with Gasteiger partial charge in [-0.15, -0.1) is 0 Å². The molecule has 0 bridgehead atoms. The maximum Gasteiger partial charge on any atom is 0.335 e. The molecule has 2 aliphatic rings. The molecule has 5 rings (SSSR count). The Hall–Kier alpha value is -3.72. The highest BCUT2D eigenvalue weighted by atomic mass is 32.1. The van der Waals surface area contributed by atoms with Crippen molar-refractivity contribution in [2.24, 2.45) is 0 Å². The minimum Gasteiger partial charge on any atom is -0.478 e. The van der Waals surface area contributed by atoms with Gasteiger partial charge in [-0.3, -0.25) is 4.98 Å². The quantitative estimate of drug-likeness (QED) is 0.436. The molecule has 2 atom stereocenters. The van der Waals surface area contributed by atoms with Gasteiger partial charge < -0.3 is 24.8 Å². The number of furan rings is 1. The van der Waals surface area contributed by atoms with Gasteiger partial charge in [0.25, 0.3) is 0 Å². The van der Waals surface area contributed by atoms with E-state index in [1.165, 1.54) is 12.1 Å². The van der Waals surface area contributed by atoms with Crippen LogP contribution in [-0.2, 0) is 0 Å². The van der Waals surface area contributed by atoms with Gasteiger partial charge in [-0.25, -0.2) is 9.59 Å². The largest absolute Gasteiger partial charge is 0.478 e. The Kier molecular flexibility index (Phi) is 5.79. The molecule has 0 amide bonds. The maximum absolute atomic E-state index is 11.5. The average molecular weight is 478 g/mol. The summed E-state index contributed by atoms with van der Waals surface area (Å²) in [6.07, 6.45) is 6.13. The number of nitrogens with zero attached hydrogens (tertiary/aromatic N) is 2. The van der Waals surface area contributed by atoms with Crippen molar-refractivity contribution in [2.75, 3.05) is 0 Å². The summed E-state index contributed by atoms with van der Waals surface area (Å²) in [6.45, 7) is 0. The zero-order chi connectivity index (χ0) is 23.8. The number of pyridine rings is 1. The fraction of sp³-hybridized carbons (Fsp3) is 0.280. The Morgan fingerprint density at radius 3 is 2.35 bits per heavy atom. The lowest BCUT2D eigenvalue weighted by atomic mass is 10.0. The van der Waals surface area contributed by atoms with Gasteiger partial charge in [-0.1, -0.05) is 18.9 Å². The molecule has 174 valence electrons. The van der Waals surface area contributed by atoms with E-state index in [2.05, 4.69) is 15.2 Å². The van der Waals surface area contributed by atoms with E-state index in [1.807, 2.05) is 24.3 Å². The molecule has 1 aromatic carbocycles. The minimum absolute atomic E-state index is 0.115. The fourth-order valence-electron chi connectivity index (χ4n) is 4.93. The van der Waals surface area contributed by atoms with Crippen molar-refractivity contribution in [3.8, 4) is 11.3 Å². The number of hydrogen-bond donors (Lipinski definition) is 3. The summed E-state index contributed by atoms with van der Waals surface area (Å²) in [5.41, 5.74) is 0.999. The highest BCUT2D eigenvalue weighted by Gasteiger charge is 2.45. The first-order valence-corrected chi connectivity index (χ1v) is 11.5. The van der Waals surface area contributed by atoms with Crippen LogP contribution in [0.25, 0.3) is 11.3 Å². The van der Waals surface area contributed by atoms with Crippen LogP contribution in [0.2, 0.25) is 0 Å². The average Bonchev–Trinajstić information content (AvgIpc) is 3.59. The zero-order valence-corrected chi connectivity index (χ0v) is 19.0. The molecule has 0 radical (unpaired) electrons. The summed E-state index contributed by atoms with van der Waals surface area (Å²) in [5, 5.41) is 22.9. The lowest BCUT2D eigenvalue weighted by Gasteiger charge is -2.31. The van der Waals surface area contributed by atoms with Crippen molar-refractivity contribution < 1.29 is 24.2 Å². The molecule has 1 aliphatic heterocycles. The summed E-state index contributed by atoms with van der Waals surface area (Å²) in [5.74, 6) is -1.36. The number of nitrogens with one attached hydrogen (secondary N) is 1. The van der Waals surface area contributed by atoms with E-state index >= 15 is 0 Å². The molecule has 2 fully saturated rings. The van der Waals surface area contributed by atoms with E-state index in [4.69, 9.17) is 16.6 Å². The maximum atomic E-state index is 11.5. The number of carbonyl (C=O) groups is 2. The highest BCUT2D eigenvalue weighted by Crippen LogP contribution is 2.44.